The van der Waals surface area contributed by atoms with E-state index in [0.29, 0.717) is 12.2 Å². The largest absolute Gasteiger partial charge is 0.381 e. The maximum Gasteiger partial charge on any atom is 0.158 e. The first-order chi connectivity index (χ1) is 5.27. The zero-order valence-electron chi connectivity index (χ0n) is 7.09. The van der Waals surface area contributed by atoms with Gasteiger partial charge in [-0.1, -0.05) is 6.08 Å². The molecule has 0 saturated heterocycles. The predicted molar refractivity (Wildman–Crippen MR) is 43.4 cm³/mol. The Hall–Kier alpha value is -0.630. The van der Waals surface area contributed by atoms with Crippen LogP contribution in [0.5, 0.6) is 0 Å². The summed E-state index contributed by atoms with van der Waals surface area (Å²) in [5.41, 5.74) is 0.933. The van der Waals surface area contributed by atoms with Gasteiger partial charge in [0.05, 0.1) is 6.10 Å². The first-order valence-electron chi connectivity index (χ1n) is 3.99. The van der Waals surface area contributed by atoms with Gasteiger partial charge in [0.25, 0.3) is 0 Å². The summed E-state index contributed by atoms with van der Waals surface area (Å²) in [7, 11) is 1.70. The number of rotatable bonds is 1. The normalized spacial score (nSPS) is 29.5. The Morgan fingerprint density at radius 1 is 1.64 bits per heavy atom. The molecule has 62 valence electrons. The number of hydrogen-bond acceptors (Lipinski definition) is 2. The maximum absolute atomic E-state index is 11.2. The van der Waals surface area contributed by atoms with Crippen molar-refractivity contribution in [3.05, 3.63) is 11.6 Å². The van der Waals surface area contributed by atoms with Crippen LogP contribution >= 0.6 is 0 Å². The molecular weight excluding hydrogens is 140 g/mol. The van der Waals surface area contributed by atoms with Gasteiger partial charge in [-0.3, -0.25) is 4.79 Å². The molecular formula is C9H14O2. The summed E-state index contributed by atoms with van der Waals surface area (Å²) in [4.78, 5) is 11.2. The van der Waals surface area contributed by atoms with Crippen LogP contribution in [-0.4, -0.2) is 19.0 Å². The van der Waals surface area contributed by atoms with Crippen molar-refractivity contribution in [1.82, 2.24) is 0 Å². The van der Waals surface area contributed by atoms with Crippen molar-refractivity contribution in [2.24, 2.45) is 0 Å². The second kappa shape index (κ2) is 3.67. The quantitative estimate of drug-likeness (QED) is 0.537. The van der Waals surface area contributed by atoms with Crippen LogP contribution in [-0.2, 0) is 9.53 Å². The fraction of sp³-hybridized carbons (Fsp3) is 0.667. The van der Waals surface area contributed by atoms with Crippen molar-refractivity contribution in [1.29, 1.82) is 0 Å². The lowest BCUT2D eigenvalue weighted by Gasteiger charge is -2.21. The average molecular weight is 154 g/mol. The van der Waals surface area contributed by atoms with Gasteiger partial charge in [-0.05, 0) is 18.9 Å². The van der Waals surface area contributed by atoms with Crippen molar-refractivity contribution < 1.29 is 9.53 Å². The minimum absolute atomic E-state index is 0.263. The lowest BCUT2D eigenvalue weighted by molar-refractivity contribution is -0.118. The summed E-state index contributed by atoms with van der Waals surface area (Å²) in [6, 6.07) is 0. The molecule has 0 aromatic heterocycles. The lowest BCUT2D eigenvalue weighted by Crippen LogP contribution is -2.22. The number of methoxy groups -OCH3 is 1. The van der Waals surface area contributed by atoms with Crippen molar-refractivity contribution in [2.45, 2.75) is 32.3 Å². The highest BCUT2D eigenvalue weighted by molar-refractivity contribution is 5.96. The zero-order chi connectivity index (χ0) is 8.27. The molecule has 1 atom stereocenters. The summed E-state index contributed by atoms with van der Waals surface area (Å²) in [6.07, 6.45) is 4.49. The summed E-state index contributed by atoms with van der Waals surface area (Å²) in [6.45, 7) is 1.91. The number of ether oxygens (including phenoxy) is 1. The van der Waals surface area contributed by atoms with Gasteiger partial charge < -0.3 is 4.74 Å². The van der Waals surface area contributed by atoms with Gasteiger partial charge in [-0.2, -0.15) is 0 Å². The minimum Gasteiger partial charge on any atom is -0.381 e. The van der Waals surface area contributed by atoms with Gasteiger partial charge in [-0.15, -0.1) is 0 Å². The van der Waals surface area contributed by atoms with Crippen LogP contribution in [0.15, 0.2) is 11.6 Å². The monoisotopic (exact) mass is 154 g/mol. The Labute approximate surface area is 67.2 Å². The second-order valence-electron chi connectivity index (χ2n) is 2.84. The topological polar surface area (TPSA) is 26.3 Å². The van der Waals surface area contributed by atoms with E-state index in [1.807, 2.05) is 13.0 Å². The molecule has 0 aromatic rings. The Balaban J connectivity index is 2.58. The van der Waals surface area contributed by atoms with Gasteiger partial charge in [0.1, 0.15) is 0 Å². The molecule has 0 radical (unpaired) electrons. The molecule has 0 N–H and O–H groups in total. The zero-order valence-corrected chi connectivity index (χ0v) is 7.09. The molecule has 0 aliphatic heterocycles. The first kappa shape index (κ1) is 8.47. The van der Waals surface area contributed by atoms with Crippen LogP contribution < -0.4 is 0 Å². The van der Waals surface area contributed by atoms with Crippen LogP contribution in [0.2, 0.25) is 0 Å². The molecule has 11 heavy (non-hydrogen) atoms. The number of allylic oxidation sites excluding steroid dienone is 1. The number of carbonyl (C=O) groups excluding carboxylic acids is 1. The number of carbonyl (C=O) groups is 1. The second-order valence-corrected chi connectivity index (χ2v) is 2.84. The van der Waals surface area contributed by atoms with E-state index in [-0.39, 0.29) is 6.10 Å². The van der Waals surface area contributed by atoms with Crippen LogP contribution in [0.4, 0.5) is 0 Å². The van der Waals surface area contributed by atoms with E-state index in [1.165, 1.54) is 0 Å². The third-order valence-electron chi connectivity index (χ3n) is 2.18. The Morgan fingerprint density at radius 2 is 2.36 bits per heavy atom. The molecule has 0 spiro atoms. The highest BCUT2D eigenvalue weighted by Crippen LogP contribution is 2.21. The van der Waals surface area contributed by atoms with E-state index < -0.39 is 0 Å². The van der Waals surface area contributed by atoms with E-state index in [2.05, 4.69) is 0 Å². The number of Topliss-reactive ketones (excluding diaryl/α,β-unsaturated/α-hetero) is 1. The standard InChI is InChI=1S/C9H14O2/c1-3-7-6-8(11-2)4-5-9(7)10/h3,8H,4-6H2,1-2H3/b7-3+. The molecule has 1 rings (SSSR count). The highest BCUT2D eigenvalue weighted by Gasteiger charge is 2.21. The molecule has 1 aliphatic carbocycles. The van der Waals surface area contributed by atoms with Gasteiger partial charge in [0.2, 0.25) is 0 Å². The SMILES string of the molecule is C/C=C1\CC(OC)CCC1=O. The predicted octanol–water partition coefficient (Wildman–Crippen LogP) is 1.70. The first-order valence-corrected chi connectivity index (χ1v) is 3.99. The van der Waals surface area contributed by atoms with E-state index >= 15 is 0 Å². The summed E-state index contributed by atoms with van der Waals surface area (Å²) < 4.78 is 5.18. The van der Waals surface area contributed by atoms with Crippen LogP contribution in [0.1, 0.15) is 26.2 Å². The van der Waals surface area contributed by atoms with Crippen LogP contribution in [0, 0.1) is 0 Å². The highest BCUT2D eigenvalue weighted by atomic mass is 16.5. The Morgan fingerprint density at radius 3 is 2.91 bits per heavy atom. The third kappa shape index (κ3) is 1.90. The summed E-state index contributed by atoms with van der Waals surface area (Å²) in [5.74, 6) is 0.292. The molecule has 1 saturated carbocycles. The molecule has 2 nitrogen and oxygen atoms in total. The van der Waals surface area contributed by atoms with Gasteiger partial charge >= 0.3 is 0 Å². The van der Waals surface area contributed by atoms with Crippen molar-refractivity contribution in [3.63, 3.8) is 0 Å². The van der Waals surface area contributed by atoms with Gasteiger partial charge in [0.15, 0.2) is 5.78 Å². The van der Waals surface area contributed by atoms with E-state index in [4.69, 9.17) is 4.74 Å². The molecule has 0 heterocycles. The lowest BCUT2D eigenvalue weighted by atomic mass is 9.91. The maximum atomic E-state index is 11.2. The Kier molecular flexibility index (Phi) is 2.83. The van der Waals surface area contributed by atoms with E-state index in [1.54, 1.807) is 7.11 Å². The fourth-order valence-electron chi connectivity index (χ4n) is 1.39. The molecule has 2 heteroatoms. The number of ketones is 1. The minimum atomic E-state index is 0.263. The van der Waals surface area contributed by atoms with Crippen LogP contribution in [0.25, 0.3) is 0 Å². The van der Waals surface area contributed by atoms with Crippen LogP contribution in [0.3, 0.4) is 0 Å². The fourth-order valence-corrected chi connectivity index (χ4v) is 1.39. The van der Waals surface area contributed by atoms with Gasteiger partial charge in [0, 0.05) is 20.0 Å². The summed E-state index contributed by atoms with van der Waals surface area (Å²) in [5, 5.41) is 0. The molecule has 0 amide bonds. The van der Waals surface area contributed by atoms with Gasteiger partial charge in [-0.25, -0.2) is 0 Å². The molecule has 1 aliphatic rings. The molecule has 1 fully saturated rings. The molecule has 0 aromatic carbocycles. The number of hydrogen-bond donors (Lipinski definition) is 0. The smallest absolute Gasteiger partial charge is 0.158 e. The van der Waals surface area contributed by atoms with E-state index in [0.717, 1.165) is 18.4 Å². The average Bonchev–Trinajstić information content (AvgIpc) is 2.05. The summed E-state index contributed by atoms with van der Waals surface area (Å²) >= 11 is 0. The van der Waals surface area contributed by atoms with Crippen molar-refractivity contribution >= 4 is 5.78 Å². The molecule has 1 unspecified atom stereocenters. The molecule has 0 bridgehead atoms. The van der Waals surface area contributed by atoms with E-state index in [9.17, 15) is 4.79 Å². The van der Waals surface area contributed by atoms with Crippen molar-refractivity contribution in [2.75, 3.05) is 7.11 Å². The van der Waals surface area contributed by atoms with Crippen molar-refractivity contribution in [3.8, 4) is 0 Å². The Bertz CT molecular complexity index is 182. The third-order valence-corrected chi connectivity index (χ3v) is 2.18.